The van der Waals surface area contributed by atoms with Crippen LogP contribution in [0, 0.1) is 6.92 Å². The average Bonchev–Trinajstić information content (AvgIpc) is 3.55. The van der Waals surface area contributed by atoms with Crippen LogP contribution >= 0.6 is 0 Å². The summed E-state index contributed by atoms with van der Waals surface area (Å²) < 4.78 is 2.01. The van der Waals surface area contributed by atoms with Gasteiger partial charge in [0.2, 0.25) is 0 Å². The molecule has 3 N–H and O–H groups in total. The zero-order valence-corrected chi connectivity index (χ0v) is 19.0. The lowest BCUT2D eigenvalue weighted by Crippen LogP contribution is -2.09. The molecule has 0 amide bonds. The smallest absolute Gasteiger partial charge is 0.181 e. The van der Waals surface area contributed by atoms with E-state index in [9.17, 15) is 0 Å². The summed E-state index contributed by atoms with van der Waals surface area (Å²) in [5.41, 5.74) is 8.10. The van der Waals surface area contributed by atoms with Crippen molar-refractivity contribution in [2.45, 2.75) is 26.8 Å². The second-order valence-corrected chi connectivity index (χ2v) is 8.65. The standard InChI is InChI=1S/C25H23N9/c1-14(2)30-18-6-16(9-26-11-18)17-7-20-23(32-33-25(20)28-10-17)21-8-19-22(4-5-27-24(19)31-21)34-12-15(3)29-13-34/h4-14,30H,1-3H3,(H,27,31)(H,28,32,33). The minimum atomic E-state index is 0.324. The lowest BCUT2D eigenvalue weighted by atomic mass is 10.1. The summed E-state index contributed by atoms with van der Waals surface area (Å²) in [5, 5.41) is 12.9. The van der Waals surface area contributed by atoms with E-state index in [-0.39, 0.29) is 0 Å². The van der Waals surface area contributed by atoms with Gasteiger partial charge >= 0.3 is 0 Å². The van der Waals surface area contributed by atoms with Gasteiger partial charge in [0.15, 0.2) is 5.65 Å². The molecular formula is C25H23N9. The molecule has 0 unspecified atom stereocenters. The predicted molar refractivity (Wildman–Crippen MR) is 133 cm³/mol. The molecule has 0 saturated heterocycles. The molecule has 0 bridgehead atoms. The van der Waals surface area contributed by atoms with Crippen molar-refractivity contribution in [3.63, 3.8) is 0 Å². The maximum absolute atomic E-state index is 4.58. The molecule has 0 aliphatic rings. The van der Waals surface area contributed by atoms with Crippen LogP contribution in [0.25, 0.3) is 50.3 Å². The number of rotatable bonds is 5. The number of H-pyrrole nitrogens is 2. The highest BCUT2D eigenvalue weighted by molar-refractivity contribution is 5.97. The minimum Gasteiger partial charge on any atom is -0.382 e. The van der Waals surface area contributed by atoms with Crippen LogP contribution < -0.4 is 5.32 Å². The molecule has 6 rings (SSSR count). The highest BCUT2D eigenvalue weighted by atomic mass is 15.2. The third-order valence-corrected chi connectivity index (χ3v) is 5.70. The van der Waals surface area contributed by atoms with Crippen molar-refractivity contribution >= 4 is 27.8 Å². The van der Waals surface area contributed by atoms with Crippen LogP contribution in [-0.4, -0.2) is 45.7 Å². The summed E-state index contributed by atoms with van der Waals surface area (Å²) in [6, 6.07) is 8.57. The number of fused-ring (bicyclic) bond motifs is 2. The lowest BCUT2D eigenvalue weighted by molar-refractivity contribution is 0.898. The fraction of sp³-hybridized carbons (Fsp3) is 0.160. The fourth-order valence-corrected chi connectivity index (χ4v) is 4.20. The fourth-order valence-electron chi connectivity index (χ4n) is 4.20. The molecule has 34 heavy (non-hydrogen) atoms. The number of hydrogen-bond acceptors (Lipinski definition) is 6. The molecule has 0 aliphatic heterocycles. The van der Waals surface area contributed by atoms with E-state index in [0.29, 0.717) is 11.7 Å². The number of pyridine rings is 3. The SMILES string of the molecule is Cc1cn(-c2ccnc3[nH]c(-c4[nH]nc5ncc(-c6cncc(NC(C)C)c6)cc45)cc23)cn1. The summed E-state index contributed by atoms with van der Waals surface area (Å²) in [4.78, 5) is 21.3. The normalized spacial score (nSPS) is 11.6. The van der Waals surface area contributed by atoms with Gasteiger partial charge in [-0.05, 0) is 45.0 Å². The first-order valence-corrected chi connectivity index (χ1v) is 11.1. The number of aryl methyl sites for hydroxylation is 1. The third kappa shape index (κ3) is 3.47. The number of aromatic amines is 2. The first kappa shape index (κ1) is 20.1. The third-order valence-electron chi connectivity index (χ3n) is 5.70. The Kier molecular flexibility index (Phi) is 4.61. The molecule has 0 saturated carbocycles. The highest BCUT2D eigenvalue weighted by Gasteiger charge is 2.15. The molecule has 168 valence electrons. The first-order valence-electron chi connectivity index (χ1n) is 11.1. The molecule has 0 aliphatic carbocycles. The monoisotopic (exact) mass is 449 g/mol. The quantitative estimate of drug-likeness (QED) is 0.346. The molecular weight excluding hydrogens is 426 g/mol. The zero-order chi connectivity index (χ0) is 23.2. The first-order chi connectivity index (χ1) is 16.5. The van der Waals surface area contributed by atoms with Crippen molar-refractivity contribution in [1.29, 1.82) is 0 Å². The van der Waals surface area contributed by atoms with Crippen molar-refractivity contribution < 1.29 is 0 Å². The molecule has 6 aromatic rings. The van der Waals surface area contributed by atoms with E-state index >= 15 is 0 Å². The molecule has 9 nitrogen and oxygen atoms in total. The van der Waals surface area contributed by atoms with E-state index in [4.69, 9.17) is 0 Å². The van der Waals surface area contributed by atoms with Gasteiger partial charge in [-0.2, -0.15) is 5.10 Å². The minimum absolute atomic E-state index is 0.324. The van der Waals surface area contributed by atoms with Gasteiger partial charge < -0.3 is 14.9 Å². The van der Waals surface area contributed by atoms with Crippen molar-refractivity contribution in [1.82, 2.24) is 39.7 Å². The number of nitrogens with one attached hydrogen (secondary N) is 3. The summed E-state index contributed by atoms with van der Waals surface area (Å²) in [7, 11) is 0. The molecule has 9 heteroatoms. The lowest BCUT2D eigenvalue weighted by Gasteiger charge is -2.10. The van der Waals surface area contributed by atoms with E-state index < -0.39 is 0 Å². The molecule has 6 aromatic heterocycles. The van der Waals surface area contributed by atoms with Crippen LogP contribution in [0.4, 0.5) is 5.69 Å². The molecule has 0 radical (unpaired) electrons. The van der Waals surface area contributed by atoms with Crippen molar-refractivity contribution in [2.75, 3.05) is 5.32 Å². The summed E-state index contributed by atoms with van der Waals surface area (Å²) in [6.07, 6.45) is 11.1. The van der Waals surface area contributed by atoms with Gasteiger partial charge in [0.25, 0.3) is 0 Å². The van der Waals surface area contributed by atoms with Gasteiger partial charge in [-0.25, -0.2) is 15.0 Å². The summed E-state index contributed by atoms with van der Waals surface area (Å²) in [6.45, 7) is 6.18. The average molecular weight is 450 g/mol. The maximum atomic E-state index is 4.58. The Morgan fingerprint density at radius 1 is 0.971 bits per heavy atom. The van der Waals surface area contributed by atoms with E-state index in [1.165, 1.54) is 0 Å². The van der Waals surface area contributed by atoms with Gasteiger partial charge in [0.1, 0.15) is 5.65 Å². The maximum Gasteiger partial charge on any atom is 0.181 e. The molecule has 0 fully saturated rings. The number of nitrogens with zero attached hydrogens (tertiary/aromatic N) is 6. The molecule has 0 atom stereocenters. The van der Waals surface area contributed by atoms with E-state index in [1.807, 2.05) is 48.7 Å². The number of anilines is 1. The Balaban J connectivity index is 1.45. The van der Waals surface area contributed by atoms with Crippen LogP contribution in [0.15, 0.2) is 61.6 Å². The molecule has 0 aromatic carbocycles. The van der Waals surface area contributed by atoms with Crippen LogP contribution in [0.3, 0.4) is 0 Å². The number of imidazole rings is 1. The van der Waals surface area contributed by atoms with E-state index in [1.54, 1.807) is 6.20 Å². The Bertz CT molecular complexity index is 1640. The van der Waals surface area contributed by atoms with Crippen LogP contribution in [-0.2, 0) is 0 Å². The van der Waals surface area contributed by atoms with Gasteiger partial charge in [-0.1, -0.05) is 0 Å². The second kappa shape index (κ2) is 7.80. The number of hydrogen-bond donors (Lipinski definition) is 3. The predicted octanol–water partition coefficient (Wildman–Crippen LogP) is 4.88. The topological polar surface area (TPSA) is 113 Å². The zero-order valence-electron chi connectivity index (χ0n) is 19.0. The van der Waals surface area contributed by atoms with Crippen LogP contribution in [0.5, 0.6) is 0 Å². The number of aromatic nitrogens is 8. The van der Waals surface area contributed by atoms with E-state index in [2.05, 4.69) is 72.5 Å². The second-order valence-electron chi connectivity index (χ2n) is 8.65. The van der Waals surface area contributed by atoms with Crippen molar-refractivity contribution in [3.05, 3.63) is 67.3 Å². The summed E-state index contributed by atoms with van der Waals surface area (Å²) >= 11 is 0. The Hall–Kier alpha value is -4.53. The van der Waals surface area contributed by atoms with Gasteiger partial charge in [0.05, 0.1) is 34.8 Å². The Labute approximate surface area is 195 Å². The Morgan fingerprint density at radius 2 is 1.85 bits per heavy atom. The van der Waals surface area contributed by atoms with Crippen LogP contribution in [0.1, 0.15) is 19.5 Å². The highest BCUT2D eigenvalue weighted by Crippen LogP contribution is 2.32. The van der Waals surface area contributed by atoms with Crippen molar-refractivity contribution in [3.8, 4) is 28.2 Å². The van der Waals surface area contributed by atoms with Gasteiger partial charge in [-0.15, -0.1) is 0 Å². The van der Waals surface area contributed by atoms with Crippen molar-refractivity contribution in [2.24, 2.45) is 0 Å². The van der Waals surface area contributed by atoms with E-state index in [0.717, 1.165) is 56.0 Å². The van der Waals surface area contributed by atoms with Crippen LogP contribution in [0.2, 0.25) is 0 Å². The Morgan fingerprint density at radius 3 is 2.68 bits per heavy atom. The van der Waals surface area contributed by atoms with Gasteiger partial charge in [0, 0.05) is 58.9 Å². The molecule has 0 spiro atoms. The van der Waals surface area contributed by atoms with Gasteiger partial charge in [-0.3, -0.25) is 10.1 Å². The summed E-state index contributed by atoms with van der Waals surface area (Å²) in [5.74, 6) is 0. The molecule has 6 heterocycles. The largest absolute Gasteiger partial charge is 0.382 e.